The van der Waals surface area contributed by atoms with Crippen LogP contribution in [0.15, 0.2) is 53.5 Å². The second-order valence-electron chi connectivity index (χ2n) is 7.45. The normalized spacial score (nSPS) is 13.2. The fraction of sp³-hybridized carbons (Fsp3) is 0.130. The van der Waals surface area contributed by atoms with Crippen molar-refractivity contribution in [3.05, 3.63) is 82.7 Å². The van der Waals surface area contributed by atoms with E-state index >= 15 is 0 Å². The Morgan fingerprint density at radius 2 is 1.59 bits per heavy atom. The molecular weight excluding hydrogens is 446 g/mol. The van der Waals surface area contributed by atoms with Gasteiger partial charge in [0.2, 0.25) is 11.9 Å². The Balaban J connectivity index is 1.59. The van der Waals surface area contributed by atoms with E-state index in [0.29, 0.717) is 17.5 Å². The van der Waals surface area contributed by atoms with E-state index in [4.69, 9.17) is 0 Å². The van der Waals surface area contributed by atoms with E-state index in [1.54, 1.807) is 32.0 Å². The number of nitrogens with one attached hydrogen (secondary N) is 2. The highest BCUT2D eigenvalue weighted by atomic mass is 19.1. The molecule has 3 aromatic rings. The summed E-state index contributed by atoms with van der Waals surface area (Å²) in [5, 5.41) is 4.97. The Morgan fingerprint density at radius 1 is 0.971 bits per heavy atom. The van der Waals surface area contributed by atoms with E-state index in [1.165, 1.54) is 12.1 Å². The third-order valence-corrected chi connectivity index (χ3v) is 4.80. The average Bonchev–Trinajstić information content (AvgIpc) is 3.00. The van der Waals surface area contributed by atoms with Gasteiger partial charge >= 0.3 is 0 Å². The van der Waals surface area contributed by atoms with E-state index in [9.17, 15) is 23.2 Å². The zero-order valence-corrected chi connectivity index (χ0v) is 18.1. The lowest BCUT2D eigenvalue weighted by atomic mass is 10.1. The van der Waals surface area contributed by atoms with Gasteiger partial charge < -0.3 is 5.32 Å². The van der Waals surface area contributed by atoms with Gasteiger partial charge in [0.1, 0.15) is 18.2 Å². The van der Waals surface area contributed by atoms with Crippen LogP contribution in [0.1, 0.15) is 32.1 Å². The predicted molar refractivity (Wildman–Crippen MR) is 119 cm³/mol. The predicted octanol–water partition coefficient (Wildman–Crippen LogP) is 2.88. The van der Waals surface area contributed by atoms with Crippen molar-refractivity contribution in [2.75, 3.05) is 11.9 Å². The van der Waals surface area contributed by atoms with Crippen LogP contribution in [0.5, 0.6) is 0 Å². The Kier molecular flexibility index (Phi) is 6.09. The minimum Gasteiger partial charge on any atom is -0.323 e. The second kappa shape index (κ2) is 9.14. The molecule has 1 aromatic heterocycles. The number of imide groups is 1. The van der Waals surface area contributed by atoms with Crippen molar-refractivity contribution in [1.29, 1.82) is 0 Å². The number of benzene rings is 2. The smallest absolute Gasteiger partial charge is 0.262 e. The van der Waals surface area contributed by atoms with Crippen molar-refractivity contribution in [1.82, 2.24) is 20.2 Å². The number of carbonyl (C=O) groups excluding carboxylic acids is 3. The molecule has 0 saturated heterocycles. The summed E-state index contributed by atoms with van der Waals surface area (Å²) in [6.07, 6.45) is 0. The van der Waals surface area contributed by atoms with Crippen LogP contribution in [-0.4, -0.2) is 45.1 Å². The fourth-order valence-corrected chi connectivity index (χ4v) is 3.36. The molecule has 1 aliphatic heterocycles. The monoisotopic (exact) mass is 464 g/mol. The number of hydrogen-bond donors (Lipinski definition) is 2. The van der Waals surface area contributed by atoms with Crippen molar-refractivity contribution >= 4 is 35.3 Å². The first-order valence-electron chi connectivity index (χ1n) is 10.1. The summed E-state index contributed by atoms with van der Waals surface area (Å²) in [5.41, 5.74) is 1.44. The Labute approximate surface area is 192 Å². The first-order chi connectivity index (χ1) is 16.2. The Bertz CT molecular complexity index is 1300. The summed E-state index contributed by atoms with van der Waals surface area (Å²) in [5.74, 6) is -4.01. The van der Waals surface area contributed by atoms with Crippen LogP contribution in [0.3, 0.4) is 0 Å². The standard InChI is InChI=1S/C23H18F2N6O3/c1-12-9-13(2)27-22(26-12)30-23(28-18-8-7-14(24)10-17(18)25)29-19(32)11-31-20(33)15-5-3-4-6-16(15)21(31)34/h3-10H,11H2,1-2H3,(H2,26,27,28,29,30,32). The van der Waals surface area contributed by atoms with Crippen LogP contribution in [0.4, 0.5) is 20.4 Å². The third kappa shape index (κ3) is 4.77. The van der Waals surface area contributed by atoms with Gasteiger partial charge in [-0.2, -0.15) is 4.99 Å². The lowest BCUT2D eigenvalue weighted by Gasteiger charge is -2.16. The van der Waals surface area contributed by atoms with Gasteiger partial charge in [-0.3, -0.25) is 24.6 Å². The van der Waals surface area contributed by atoms with Gasteiger partial charge in [-0.1, -0.05) is 12.1 Å². The van der Waals surface area contributed by atoms with Gasteiger partial charge in [-0.05, 0) is 44.2 Å². The number of guanidine groups is 1. The largest absolute Gasteiger partial charge is 0.323 e. The highest BCUT2D eigenvalue weighted by Crippen LogP contribution is 2.22. The van der Waals surface area contributed by atoms with Gasteiger partial charge in [0, 0.05) is 17.5 Å². The quantitative estimate of drug-likeness (QED) is 0.348. The number of halogens is 2. The molecule has 2 heterocycles. The molecule has 0 spiro atoms. The van der Waals surface area contributed by atoms with E-state index in [0.717, 1.165) is 17.0 Å². The lowest BCUT2D eigenvalue weighted by Crippen LogP contribution is -2.44. The van der Waals surface area contributed by atoms with Crippen molar-refractivity contribution in [2.45, 2.75) is 13.8 Å². The van der Waals surface area contributed by atoms with Crippen LogP contribution in [0.25, 0.3) is 0 Å². The number of carbonyl (C=O) groups is 3. The van der Waals surface area contributed by atoms with Crippen molar-refractivity contribution < 1.29 is 23.2 Å². The molecule has 2 aromatic carbocycles. The molecule has 11 heteroatoms. The first-order valence-corrected chi connectivity index (χ1v) is 10.1. The van der Waals surface area contributed by atoms with E-state index in [1.807, 2.05) is 0 Å². The van der Waals surface area contributed by atoms with Gasteiger partial charge in [-0.15, -0.1) is 0 Å². The topological polar surface area (TPSA) is 117 Å². The SMILES string of the molecule is Cc1cc(C)nc(N=C(NC(=O)CN2C(=O)c3ccccc3C2=O)Nc2ccc(F)cc2F)n1. The van der Waals surface area contributed by atoms with Crippen LogP contribution in [0, 0.1) is 25.5 Å². The summed E-state index contributed by atoms with van der Waals surface area (Å²) >= 11 is 0. The van der Waals surface area contributed by atoms with Crippen molar-refractivity contribution in [2.24, 2.45) is 4.99 Å². The summed E-state index contributed by atoms with van der Waals surface area (Å²) in [6, 6.07) is 10.7. The lowest BCUT2D eigenvalue weighted by molar-refractivity contribution is -0.120. The van der Waals surface area contributed by atoms with Crippen LogP contribution < -0.4 is 10.6 Å². The van der Waals surface area contributed by atoms with E-state index in [-0.39, 0.29) is 28.7 Å². The molecule has 0 unspecified atom stereocenters. The zero-order chi connectivity index (χ0) is 24.4. The number of amides is 3. The van der Waals surface area contributed by atoms with Crippen LogP contribution in [0.2, 0.25) is 0 Å². The zero-order valence-electron chi connectivity index (χ0n) is 18.1. The average molecular weight is 464 g/mol. The molecule has 9 nitrogen and oxygen atoms in total. The maximum absolute atomic E-state index is 14.2. The van der Waals surface area contributed by atoms with Gasteiger partial charge in [0.05, 0.1) is 16.8 Å². The molecule has 2 N–H and O–H groups in total. The molecule has 34 heavy (non-hydrogen) atoms. The first kappa shape index (κ1) is 22.6. The molecule has 1 aliphatic rings. The van der Waals surface area contributed by atoms with Crippen LogP contribution in [-0.2, 0) is 4.79 Å². The molecule has 0 radical (unpaired) electrons. The minimum absolute atomic E-state index is 0.0245. The van der Waals surface area contributed by atoms with E-state index < -0.39 is 35.9 Å². The van der Waals surface area contributed by atoms with Crippen molar-refractivity contribution in [3.8, 4) is 0 Å². The summed E-state index contributed by atoms with van der Waals surface area (Å²) in [6.45, 7) is 2.84. The van der Waals surface area contributed by atoms with Gasteiger partial charge in [0.25, 0.3) is 17.8 Å². The number of aromatic nitrogens is 2. The molecule has 0 atom stereocenters. The maximum Gasteiger partial charge on any atom is 0.262 e. The molecule has 4 rings (SSSR count). The van der Waals surface area contributed by atoms with E-state index in [2.05, 4.69) is 25.6 Å². The molecule has 0 bridgehead atoms. The number of rotatable bonds is 4. The van der Waals surface area contributed by atoms with Gasteiger partial charge in [-0.25, -0.2) is 18.7 Å². The van der Waals surface area contributed by atoms with Crippen molar-refractivity contribution in [3.63, 3.8) is 0 Å². The minimum atomic E-state index is -0.927. The number of anilines is 1. The highest BCUT2D eigenvalue weighted by molar-refractivity contribution is 6.22. The molecule has 0 saturated carbocycles. The fourth-order valence-electron chi connectivity index (χ4n) is 3.36. The molecule has 0 aliphatic carbocycles. The third-order valence-electron chi connectivity index (χ3n) is 4.80. The Hall–Kier alpha value is -4.54. The second-order valence-corrected chi connectivity index (χ2v) is 7.45. The number of aryl methyl sites for hydroxylation is 2. The molecule has 0 fully saturated rings. The summed E-state index contributed by atoms with van der Waals surface area (Å²) in [7, 11) is 0. The van der Waals surface area contributed by atoms with Gasteiger partial charge in [0.15, 0.2) is 0 Å². The summed E-state index contributed by atoms with van der Waals surface area (Å²) < 4.78 is 27.5. The number of nitrogens with zero attached hydrogens (tertiary/aromatic N) is 4. The maximum atomic E-state index is 14.2. The molecule has 3 amide bonds. The number of fused-ring (bicyclic) bond motifs is 1. The number of aliphatic imine (C=N–C) groups is 1. The Morgan fingerprint density at radius 3 is 2.18 bits per heavy atom. The molecule has 172 valence electrons. The summed E-state index contributed by atoms with van der Waals surface area (Å²) in [4.78, 5) is 51.0. The number of hydrogen-bond acceptors (Lipinski definition) is 6. The van der Waals surface area contributed by atoms with Crippen LogP contribution >= 0.6 is 0 Å². The molecular formula is C23H18F2N6O3. The highest BCUT2D eigenvalue weighted by Gasteiger charge is 2.36.